The van der Waals surface area contributed by atoms with Crippen LogP contribution in [0.3, 0.4) is 0 Å². The molecule has 3 aliphatic rings. The zero-order valence-electron chi connectivity index (χ0n) is 13.4. The molecule has 1 N–H and O–H groups in total. The Balaban J connectivity index is 1.51. The molecule has 2 bridgehead atoms. The van der Waals surface area contributed by atoms with Crippen molar-refractivity contribution in [2.45, 2.75) is 32.2 Å². The van der Waals surface area contributed by atoms with Gasteiger partial charge in [-0.15, -0.1) is 0 Å². The van der Waals surface area contributed by atoms with E-state index in [1.165, 1.54) is 4.90 Å². The zero-order valence-corrected chi connectivity index (χ0v) is 15.0. The standard InChI is InChI=1S/C18H19BrN2O3/c1-9(16(22)20-13-6-4-12(19)5-7-13)21-17(23)14-10-2-3-11(8-10)15(14)18(21)24/h4-7,9-11,14-15H,2-3,8H2,1H3,(H,20,22)/t9-,10+,11+,14-,15-/m0/s1. The summed E-state index contributed by atoms with van der Waals surface area (Å²) >= 11 is 3.34. The second-order valence-electron chi connectivity index (χ2n) is 7.10. The number of rotatable bonds is 3. The minimum Gasteiger partial charge on any atom is -0.324 e. The fourth-order valence-electron chi connectivity index (χ4n) is 4.71. The first-order valence-corrected chi connectivity index (χ1v) is 9.20. The Bertz CT molecular complexity index is 689. The number of benzene rings is 1. The highest BCUT2D eigenvalue weighted by molar-refractivity contribution is 9.10. The van der Waals surface area contributed by atoms with Gasteiger partial charge < -0.3 is 5.32 Å². The van der Waals surface area contributed by atoms with Crippen LogP contribution in [0.4, 0.5) is 5.69 Å². The molecule has 24 heavy (non-hydrogen) atoms. The molecule has 5 atom stereocenters. The Kier molecular flexibility index (Phi) is 3.75. The third-order valence-electron chi connectivity index (χ3n) is 5.84. The number of halogens is 1. The summed E-state index contributed by atoms with van der Waals surface area (Å²) in [5.74, 6) is -0.303. The molecule has 1 aromatic carbocycles. The number of carbonyl (C=O) groups is 3. The Hall–Kier alpha value is -1.69. The fourth-order valence-corrected chi connectivity index (χ4v) is 4.98. The van der Waals surface area contributed by atoms with Crippen LogP contribution < -0.4 is 5.32 Å². The summed E-state index contributed by atoms with van der Waals surface area (Å²) in [5, 5.41) is 2.78. The molecule has 1 heterocycles. The number of imide groups is 1. The molecule has 5 nitrogen and oxygen atoms in total. The molecule has 2 aliphatic carbocycles. The second kappa shape index (κ2) is 5.69. The average molecular weight is 391 g/mol. The van der Waals surface area contributed by atoms with Crippen molar-refractivity contribution in [2.75, 3.05) is 5.32 Å². The van der Waals surface area contributed by atoms with Crippen LogP contribution in [0.15, 0.2) is 28.7 Å². The van der Waals surface area contributed by atoms with Gasteiger partial charge in [0.15, 0.2) is 0 Å². The average Bonchev–Trinajstić information content (AvgIpc) is 3.23. The van der Waals surface area contributed by atoms with Gasteiger partial charge in [-0.3, -0.25) is 19.3 Å². The third kappa shape index (κ3) is 2.31. The van der Waals surface area contributed by atoms with Crippen LogP contribution in [0.2, 0.25) is 0 Å². The summed E-state index contributed by atoms with van der Waals surface area (Å²) in [6.45, 7) is 1.63. The lowest BCUT2D eigenvalue weighted by molar-refractivity contribution is -0.146. The summed E-state index contributed by atoms with van der Waals surface area (Å²) < 4.78 is 0.918. The van der Waals surface area contributed by atoms with Gasteiger partial charge in [-0.05, 0) is 62.3 Å². The van der Waals surface area contributed by atoms with Gasteiger partial charge in [0.05, 0.1) is 11.8 Å². The lowest BCUT2D eigenvalue weighted by Gasteiger charge is -2.23. The highest BCUT2D eigenvalue weighted by atomic mass is 79.9. The van der Waals surface area contributed by atoms with Crippen LogP contribution >= 0.6 is 15.9 Å². The Morgan fingerprint density at radius 1 is 1.12 bits per heavy atom. The van der Waals surface area contributed by atoms with Crippen molar-refractivity contribution in [3.05, 3.63) is 28.7 Å². The van der Waals surface area contributed by atoms with E-state index < -0.39 is 6.04 Å². The molecule has 1 saturated heterocycles. The number of nitrogens with one attached hydrogen (secondary N) is 1. The van der Waals surface area contributed by atoms with Gasteiger partial charge in [-0.1, -0.05) is 15.9 Å². The maximum absolute atomic E-state index is 12.7. The van der Waals surface area contributed by atoms with E-state index in [2.05, 4.69) is 21.2 Å². The predicted molar refractivity (Wildman–Crippen MR) is 91.9 cm³/mol. The molecule has 0 radical (unpaired) electrons. The summed E-state index contributed by atoms with van der Waals surface area (Å²) in [7, 11) is 0. The quantitative estimate of drug-likeness (QED) is 0.806. The van der Waals surface area contributed by atoms with Gasteiger partial charge in [0.25, 0.3) is 0 Å². The van der Waals surface area contributed by atoms with Gasteiger partial charge in [0.2, 0.25) is 17.7 Å². The number of anilines is 1. The smallest absolute Gasteiger partial charge is 0.247 e. The molecule has 0 spiro atoms. The van der Waals surface area contributed by atoms with E-state index in [4.69, 9.17) is 0 Å². The first-order chi connectivity index (χ1) is 11.5. The van der Waals surface area contributed by atoms with Gasteiger partial charge in [-0.2, -0.15) is 0 Å². The van der Waals surface area contributed by atoms with Crippen molar-refractivity contribution in [3.8, 4) is 0 Å². The van der Waals surface area contributed by atoms with Crippen LogP contribution in [0.1, 0.15) is 26.2 Å². The van der Waals surface area contributed by atoms with E-state index in [9.17, 15) is 14.4 Å². The minimum atomic E-state index is -0.779. The number of nitrogens with zero attached hydrogens (tertiary/aromatic N) is 1. The number of fused-ring (bicyclic) bond motifs is 5. The van der Waals surface area contributed by atoms with Crippen molar-refractivity contribution in [1.29, 1.82) is 0 Å². The molecule has 126 valence electrons. The summed E-state index contributed by atoms with van der Waals surface area (Å²) in [5.41, 5.74) is 0.648. The molecule has 3 fully saturated rings. The summed E-state index contributed by atoms with van der Waals surface area (Å²) in [6, 6.07) is 6.43. The maximum atomic E-state index is 12.7. The highest BCUT2D eigenvalue weighted by Gasteiger charge is 2.62. The van der Waals surface area contributed by atoms with Crippen LogP contribution in [0.5, 0.6) is 0 Å². The summed E-state index contributed by atoms with van der Waals surface area (Å²) in [4.78, 5) is 39.2. The molecule has 3 amide bonds. The fraction of sp³-hybridized carbons (Fsp3) is 0.500. The van der Waals surface area contributed by atoms with E-state index in [-0.39, 0.29) is 29.6 Å². The maximum Gasteiger partial charge on any atom is 0.247 e. The van der Waals surface area contributed by atoms with Crippen molar-refractivity contribution in [3.63, 3.8) is 0 Å². The van der Waals surface area contributed by atoms with Gasteiger partial charge >= 0.3 is 0 Å². The Morgan fingerprint density at radius 2 is 1.67 bits per heavy atom. The number of carbonyl (C=O) groups excluding carboxylic acids is 3. The molecule has 1 aromatic rings. The van der Waals surface area contributed by atoms with Crippen molar-refractivity contribution < 1.29 is 14.4 Å². The highest BCUT2D eigenvalue weighted by Crippen LogP contribution is 2.56. The van der Waals surface area contributed by atoms with E-state index in [1.807, 2.05) is 12.1 Å². The molecule has 1 aliphatic heterocycles. The van der Waals surface area contributed by atoms with Crippen LogP contribution in [0.25, 0.3) is 0 Å². The van der Waals surface area contributed by atoms with Crippen molar-refractivity contribution >= 4 is 39.3 Å². The first kappa shape index (κ1) is 15.8. The number of hydrogen-bond donors (Lipinski definition) is 1. The van der Waals surface area contributed by atoms with Gasteiger partial charge in [0, 0.05) is 10.2 Å². The lowest BCUT2D eigenvalue weighted by atomic mass is 9.81. The lowest BCUT2D eigenvalue weighted by Crippen LogP contribution is -2.46. The van der Waals surface area contributed by atoms with Crippen molar-refractivity contribution in [2.24, 2.45) is 23.7 Å². The predicted octanol–water partition coefficient (Wildman–Crippen LogP) is 2.81. The molecular formula is C18H19BrN2O3. The second-order valence-corrected chi connectivity index (χ2v) is 8.02. The van der Waals surface area contributed by atoms with Gasteiger partial charge in [0.1, 0.15) is 6.04 Å². The Labute approximate surface area is 148 Å². The third-order valence-corrected chi connectivity index (χ3v) is 6.37. The van der Waals surface area contributed by atoms with Crippen molar-refractivity contribution in [1.82, 2.24) is 4.90 Å². The van der Waals surface area contributed by atoms with Crippen LogP contribution in [0, 0.1) is 23.7 Å². The minimum absolute atomic E-state index is 0.143. The topological polar surface area (TPSA) is 66.5 Å². The van der Waals surface area contributed by atoms with E-state index >= 15 is 0 Å². The molecule has 2 saturated carbocycles. The molecule has 0 aromatic heterocycles. The summed E-state index contributed by atoms with van der Waals surface area (Å²) in [6.07, 6.45) is 3.08. The number of likely N-dealkylation sites (tertiary alicyclic amines) is 1. The molecule has 4 rings (SSSR count). The normalized spacial score (nSPS) is 32.2. The Morgan fingerprint density at radius 3 is 2.21 bits per heavy atom. The SMILES string of the molecule is C[C@@H](C(=O)Nc1ccc(Br)cc1)N1C(=O)[C@H]2[C@@H]3CC[C@H](C3)[C@@H]2C1=O. The first-order valence-electron chi connectivity index (χ1n) is 8.40. The molecule has 6 heteroatoms. The van der Waals surface area contributed by atoms with Crippen LogP contribution in [-0.2, 0) is 14.4 Å². The van der Waals surface area contributed by atoms with E-state index in [0.29, 0.717) is 17.5 Å². The largest absolute Gasteiger partial charge is 0.324 e. The van der Waals surface area contributed by atoms with E-state index in [0.717, 1.165) is 23.7 Å². The molecule has 0 unspecified atom stereocenters. The molecular weight excluding hydrogens is 372 g/mol. The number of amides is 3. The van der Waals surface area contributed by atoms with Gasteiger partial charge in [-0.25, -0.2) is 0 Å². The zero-order chi connectivity index (χ0) is 17.0. The van der Waals surface area contributed by atoms with E-state index in [1.54, 1.807) is 19.1 Å². The van der Waals surface area contributed by atoms with Crippen LogP contribution in [-0.4, -0.2) is 28.7 Å². The monoisotopic (exact) mass is 390 g/mol. The number of hydrogen-bond acceptors (Lipinski definition) is 3.